The lowest BCUT2D eigenvalue weighted by atomic mass is 9.78. The van der Waals surface area contributed by atoms with Crippen molar-refractivity contribution in [3.05, 3.63) is 45.5 Å². The van der Waals surface area contributed by atoms with Gasteiger partial charge in [0, 0.05) is 32.3 Å². The molecular formula is C24H30N2O6S2. The largest absolute Gasteiger partial charge is 0.464 e. The van der Waals surface area contributed by atoms with Crippen LogP contribution in [0, 0.1) is 19.3 Å². The maximum atomic E-state index is 13.6. The number of amides is 1. The van der Waals surface area contributed by atoms with E-state index in [2.05, 4.69) is 0 Å². The predicted molar refractivity (Wildman–Crippen MR) is 129 cm³/mol. The van der Waals surface area contributed by atoms with Crippen LogP contribution in [-0.2, 0) is 19.6 Å². The van der Waals surface area contributed by atoms with Gasteiger partial charge in [-0.15, -0.1) is 0 Å². The summed E-state index contributed by atoms with van der Waals surface area (Å²) >= 11 is 1.59. The zero-order chi connectivity index (χ0) is 24.5. The molecule has 0 aromatic carbocycles. The third kappa shape index (κ3) is 4.71. The van der Waals surface area contributed by atoms with Crippen LogP contribution in [0.25, 0.3) is 6.08 Å². The number of thiophene rings is 1. The highest BCUT2D eigenvalue weighted by atomic mass is 32.2. The van der Waals surface area contributed by atoms with E-state index in [0.717, 1.165) is 24.8 Å². The number of sulfonamides is 1. The Labute approximate surface area is 204 Å². The van der Waals surface area contributed by atoms with Gasteiger partial charge in [0.15, 0.2) is 0 Å². The number of carbonyl (C=O) groups is 2. The van der Waals surface area contributed by atoms with Crippen molar-refractivity contribution in [3.63, 3.8) is 0 Å². The first-order chi connectivity index (χ1) is 16.2. The number of hydrogen-bond acceptors (Lipinski definition) is 7. The molecule has 0 bridgehead atoms. The van der Waals surface area contributed by atoms with Gasteiger partial charge in [-0.3, -0.25) is 4.79 Å². The molecule has 2 saturated heterocycles. The fourth-order valence-electron chi connectivity index (χ4n) is 4.89. The van der Waals surface area contributed by atoms with Crippen molar-refractivity contribution in [3.8, 4) is 0 Å². The SMILES string of the molecule is CCOC(=O)c1c(C)oc(C)c1S(=O)(=O)N1CCC2(CCN(C(=O)C=Cc3ccsc3)CC2)C1. The van der Waals surface area contributed by atoms with Gasteiger partial charge >= 0.3 is 5.97 Å². The van der Waals surface area contributed by atoms with Gasteiger partial charge in [0.25, 0.3) is 0 Å². The Morgan fingerprint density at radius 2 is 1.88 bits per heavy atom. The van der Waals surface area contributed by atoms with Crippen LogP contribution in [0.5, 0.6) is 0 Å². The van der Waals surface area contributed by atoms with Crippen molar-refractivity contribution >= 4 is 39.3 Å². The van der Waals surface area contributed by atoms with Gasteiger partial charge in [0.1, 0.15) is 22.0 Å². The van der Waals surface area contributed by atoms with Crippen molar-refractivity contribution in [1.29, 1.82) is 0 Å². The Hall–Kier alpha value is -2.43. The minimum absolute atomic E-state index is 0.0156. The summed E-state index contributed by atoms with van der Waals surface area (Å²) in [5.74, 6) is -0.274. The molecule has 10 heteroatoms. The summed E-state index contributed by atoms with van der Waals surface area (Å²) in [6, 6.07) is 1.96. The van der Waals surface area contributed by atoms with Crippen molar-refractivity contribution in [1.82, 2.24) is 9.21 Å². The summed E-state index contributed by atoms with van der Waals surface area (Å²) in [6.07, 6.45) is 5.63. The molecule has 2 aliphatic heterocycles. The number of aryl methyl sites for hydroxylation is 2. The normalized spacial score (nSPS) is 18.7. The van der Waals surface area contributed by atoms with Crippen LogP contribution >= 0.6 is 11.3 Å². The van der Waals surface area contributed by atoms with Crippen LogP contribution in [0.1, 0.15) is 53.6 Å². The van der Waals surface area contributed by atoms with E-state index in [1.165, 1.54) is 4.31 Å². The molecule has 2 fully saturated rings. The number of furan rings is 1. The third-order valence-electron chi connectivity index (χ3n) is 6.78. The van der Waals surface area contributed by atoms with E-state index in [0.29, 0.717) is 26.2 Å². The Kier molecular flexibility index (Phi) is 7.02. The average molecular weight is 507 g/mol. The second kappa shape index (κ2) is 9.67. The molecule has 34 heavy (non-hydrogen) atoms. The fraction of sp³-hybridized carbons (Fsp3) is 0.500. The zero-order valence-corrected chi connectivity index (χ0v) is 21.3. The van der Waals surface area contributed by atoms with Gasteiger partial charge in [0.2, 0.25) is 15.9 Å². The molecule has 2 aromatic heterocycles. The Balaban J connectivity index is 1.45. The van der Waals surface area contributed by atoms with Crippen molar-refractivity contribution in [2.45, 2.75) is 44.9 Å². The molecular weight excluding hydrogens is 476 g/mol. The van der Waals surface area contributed by atoms with Crippen LogP contribution in [0.3, 0.4) is 0 Å². The Morgan fingerprint density at radius 3 is 2.53 bits per heavy atom. The average Bonchev–Trinajstić information content (AvgIpc) is 3.52. The predicted octanol–water partition coefficient (Wildman–Crippen LogP) is 3.85. The lowest BCUT2D eigenvalue weighted by Gasteiger charge is -2.39. The molecule has 0 N–H and O–H groups in total. The minimum atomic E-state index is -3.93. The number of piperidine rings is 1. The van der Waals surface area contributed by atoms with Crippen LogP contribution in [-0.4, -0.2) is 62.3 Å². The highest BCUT2D eigenvalue weighted by Gasteiger charge is 2.47. The number of esters is 1. The van der Waals surface area contributed by atoms with Crippen molar-refractivity contribution in [2.75, 3.05) is 32.8 Å². The molecule has 0 saturated carbocycles. The second-order valence-corrected chi connectivity index (χ2v) is 11.6. The fourth-order valence-corrected chi connectivity index (χ4v) is 7.45. The third-order valence-corrected chi connectivity index (χ3v) is 9.48. The van der Waals surface area contributed by atoms with E-state index in [1.807, 2.05) is 27.8 Å². The molecule has 1 spiro atoms. The van der Waals surface area contributed by atoms with Gasteiger partial charge in [-0.05, 0) is 73.9 Å². The van der Waals surface area contributed by atoms with E-state index in [1.54, 1.807) is 38.2 Å². The molecule has 8 nitrogen and oxygen atoms in total. The zero-order valence-electron chi connectivity index (χ0n) is 19.7. The monoisotopic (exact) mass is 506 g/mol. The van der Waals surface area contributed by atoms with Crippen molar-refractivity contribution in [2.24, 2.45) is 5.41 Å². The molecule has 0 unspecified atom stereocenters. The van der Waals surface area contributed by atoms with Gasteiger partial charge in [-0.1, -0.05) is 0 Å². The van der Waals surface area contributed by atoms with Gasteiger partial charge in [-0.25, -0.2) is 13.2 Å². The second-order valence-electron chi connectivity index (χ2n) is 8.94. The van der Waals surface area contributed by atoms with E-state index < -0.39 is 16.0 Å². The highest BCUT2D eigenvalue weighted by molar-refractivity contribution is 7.89. The number of hydrogen-bond donors (Lipinski definition) is 0. The van der Waals surface area contributed by atoms with Gasteiger partial charge < -0.3 is 14.1 Å². The summed E-state index contributed by atoms with van der Waals surface area (Å²) in [4.78, 5) is 26.8. The molecule has 0 aliphatic carbocycles. The maximum Gasteiger partial charge on any atom is 0.343 e. The topological polar surface area (TPSA) is 97.1 Å². The van der Waals surface area contributed by atoms with Gasteiger partial charge in [0.05, 0.1) is 6.61 Å². The number of rotatable bonds is 6. The molecule has 184 valence electrons. The number of ether oxygens (including phenoxy) is 1. The first kappa shape index (κ1) is 24.7. The molecule has 2 aliphatic rings. The number of likely N-dealkylation sites (tertiary alicyclic amines) is 1. The molecule has 2 aromatic rings. The quantitative estimate of drug-likeness (QED) is 0.436. The van der Waals surface area contributed by atoms with Crippen molar-refractivity contribution < 1.29 is 27.2 Å². The summed E-state index contributed by atoms with van der Waals surface area (Å²) < 4.78 is 39.2. The lowest BCUT2D eigenvalue weighted by molar-refractivity contribution is -0.128. The van der Waals surface area contributed by atoms with E-state index in [9.17, 15) is 18.0 Å². The molecule has 0 radical (unpaired) electrons. The maximum absolute atomic E-state index is 13.6. The summed E-state index contributed by atoms with van der Waals surface area (Å²) in [5.41, 5.74) is 0.825. The minimum Gasteiger partial charge on any atom is -0.464 e. The standard InChI is InChI=1S/C24H30N2O6S2/c1-4-31-23(28)21-17(2)32-18(3)22(21)34(29,30)26-13-10-24(16-26)8-11-25(12-9-24)20(27)6-5-19-7-14-33-15-19/h5-7,14-15H,4,8-13,16H2,1-3H3. The van der Waals surface area contributed by atoms with Crippen LogP contribution in [0.4, 0.5) is 0 Å². The number of nitrogens with zero attached hydrogens (tertiary/aromatic N) is 2. The highest BCUT2D eigenvalue weighted by Crippen LogP contribution is 2.43. The Morgan fingerprint density at radius 1 is 1.18 bits per heavy atom. The van der Waals surface area contributed by atoms with E-state index in [4.69, 9.17) is 9.15 Å². The smallest absolute Gasteiger partial charge is 0.343 e. The molecule has 4 heterocycles. The molecule has 4 rings (SSSR count). The molecule has 0 atom stereocenters. The summed E-state index contributed by atoms with van der Waals surface area (Å²) in [6.45, 7) is 6.89. The lowest BCUT2D eigenvalue weighted by Crippen LogP contribution is -2.44. The van der Waals surface area contributed by atoms with Crippen LogP contribution < -0.4 is 0 Å². The van der Waals surface area contributed by atoms with Gasteiger partial charge in [-0.2, -0.15) is 15.6 Å². The van der Waals surface area contributed by atoms with E-state index >= 15 is 0 Å². The Bertz CT molecular complexity index is 1190. The first-order valence-corrected chi connectivity index (χ1v) is 13.8. The summed E-state index contributed by atoms with van der Waals surface area (Å²) in [7, 11) is -3.93. The van der Waals surface area contributed by atoms with Crippen LogP contribution in [0.15, 0.2) is 32.2 Å². The van der Waals surface area contributed by atoms with Crippen LogP contribution in [0.2, 0.25) is 0 Å². The first-order valence-electron chi connectivity index (χ1n) is 11.4. The van der Waals surface area contributed by atoms with E-state index in [-0.39, 0.29) is 39.9 Å². The summed E-state index contributed by atoms with van der Waals surface area (Å²) in [5, 5.41) is 3.95. The molecule has 1 amide bonds. The number of carbonyl (C=O) groups excluding carboxylic acids is 2.